The summed E-state index contributed by atoms with van der Waals surface area (Å²) in [5.74, 6) is -1.18. The Kier molecular flexibility index (Phi) is 5.99. The molecule has 2 aromatic carbocycles. The molecule has 29 heavy (non-hydrogen) atoms. The van der Waals surface area contributed by atoms with E-state index in [0.717, 1.165) is 5.56 Å². The molecule has 1 amide bonds. The molecular weight excluding hydrogens is 394 g/mol. The number of nitro benzene ring substituents is 1. The van der Waals surface area contributed by atoms with Gasteiger partial charge in [0.15, 0.2) is 6.61 Å². The summed E-state index contributed by atoms with van der Waals surface area (Å²) in [6.07, 6.45) is 0. The fourth-order valence-electron chi connectivity index (χ4n) is 2.64. The molecule has 0 atom stereocenters. The van der Waals surface area contributed by atoms with Crippen LogP contribution in [0.4, 0.5) is 11.4 Å². The first-order valence-electron chi connectivity index (χ1n) is 8.60. The maximum atomic E-state index is 12.5. The second-order valence-electron chi connectivity index (χ2n) is 6.16. The molecule has 1 N–H and O–H groups in total. The molecule has 9 heteroatoms. The van der Waals surface area contributed by atoms with Gasteiger partial charge in [0.1, 0.15) is 4.88 Å². The number of ether oxygens (including phenoxy) is 1. The van der Waals surface area contributed by atoms with E-state index in [1.807, 2.05) is 30.3 Å². The van der Waals surface area contributed by atoms with Crippen molar-refractivity contribution >= 4 is 34.6 Å². The van der Waals surface area contributed by atoms with E-state index < -0.39 is 23.4 Å². The summed E-state index contributed by atoms with van der Waals surface area (Å²) in [6.45, 7) is 2.94. The van der Waals surface area contributed by atoms with Gasteiger partial charge in [0.25, 0.3) is 11.6 Å². The van der Waals surface area contributed by atoms with Gasteiger partial charge in [-0.3, -0.25) is 14.9 Å². The van der Waals surface area contributed by atoms with Gasteiger partial charge in [-0.25, -0.2) is 9.78 Å². The number of esters is 1. The average molecular weight is 411 g/mol. The third-order valence-electron chi connectivity index (χ3n) is 4.00. The molecule has 8 nitrogen and oxygen atoms in total. The zero-order chi connectivity index (χ0) is 21.0. The lowest BCUT2D eigenvalue weighted by Crippen LogP contribution is -2.21. The first-order chi connectivity index (χ1) is 13.8. The number of carbonyl (C=O) groups is 2. The largest absolute Gasteiger partial charge is 0.451 e. The van der Waals surface area contributed by atoms with E-state index in [0.29, 0.717) is 26.8 Å². The van der Waals surface area contributed by atoms with Crippen molar-refractivity contribution in [3.05, 3.63) is 74.1 Å². The second kappa shape index (κ2) is 8.61. The van der Waals surface area contributed by atoms with Crippen molar-refractivity contribution in [1.29, 1.82) is 0 Å². The number of aryl methyl sites for hydroxylation is 2. The van der Waals surface area contributed by atoms with Crippen LogP contribution in [0.15, 0.2) is 48.5 Å². The molecular formula is C20H17N3O5S. The lowest BCUT2D eigenvalue weighted by molar-refractivity contribution is -0.384. The standard InChI is InChI=1S/C20H17N3O5S/c1-12-10-15(23(26)27)8-9-16(12)22-17(24)11-28-20(25)19-18(21-13(2)29-19)14-6-4-3-5-7-14/h3-10H,11H2,1-2H3,(H,22,24). The summed E-state index contributed by atoms with van der Waals surface area (Å²) in [5.41, 5.74) is 2.18. The molecule has 1 heterocycles. The lowest BCUT2D eigenvalue weighted by atomic mass is 10.1. The number of nitrogens with one attached hydrogen (secondary N) is 1. The first-order valence-corrected chi connectivity index (χ1v) is 9.41. The molecule has 0 aliphatic rings. The van der Waals surface area contributed by atoms with Gasteiger partial charge in [0.05, 0.1) is 15.6 Å². The molecule has 148 valence electrons. The van der Waals surface area contributed by atoms with Gasteiger partial charge in [0, 0.05) is 23.4 Å². The number of carbonyl (C=O) groups excluding carboxylic acids is 2. The molecule has 0 aliphatic heterocycles. The number of rotatable bonds is 6. The number of thiazole rings is 1. The molecule has 1 aromatic heterocycles. The highest BCUT2D eigenvalue weighted by molar-refractivity contribution is 7.14. The van der Waals surface area contributed by atoms with E-state index in [2.05, 4.69) is 10.3 Å². The Hall–Kier alpha value is -3.59. The summed E-state index contributed by atoms with van der Waals surface area (Å²) in [4.78, 5) is 39.6. The zero-order valence-corrected chi connectivity index (χ0v) is 16.5. The van der Waals surface area contributed by atoms with Crippen molar-refractivity contribution in [1.82, 2.24) is 4.98 Å². The number of non-ortho nitro benzene ring substituents is 1. The van der Waals surface area contributed by atoms with E-state index in [1.165, 1.54) is 29.5 Å². The number of nitro groups is 1. The summed E-state index contributed by atoms with van der Waals surface area (Å²) < 4.78 is 5.15. The van der Waals surface area contributed by atoms with E-state index in [1.54, 1.807) is 13.8 Å². The first kappa shape index (κ1) is 20.2. The number of nitrogens with zero attached hydrogens (tertiary/aromatic N) is 2. The minimum Gasteiger partial charge on any atom is -0.451 e. The van der Waals surface area contributed by atoms with Crippen LogP contribution in [-0.2, 0) is 9.53 Å². The topological polar surface area (TPSA) is 111 Å². The Bertz CT molecular complexity index is 1080. The van der Waals surface area contributed by atoms with Crippen LogP contribution >= 0.6 is 11.3 Å². The van der Waals surface area contributed by atoms with E-state index >= 15 is 0 Å². The van der Waals surface area contributed by atoms with Gasteiger partial charge < -0.3 is 10.1 Å². The third kappa shape index (κ3) is 4.82. The average Bonchev–Trinajstić information content (AvgIpc) is 3.10. The van der Waals surface area contributed by atoms with Crippen molar-refractivity contribution in [3.63, 3.8) is 0 Å². The Morgan fingerprint density at radius 3 is 2.55 bits per heavy atom. The molecule has 0 spiro atoms. The number of anilines is 1. The SMILES string of the molecule is Cc1nc(-c2ccccc2)c(C(=O)OCC(=O)Nc2ccc([N+](=O)[O-])cc2C)s1. The second-order valence-corrected chi connectivity index (χ2v) is 7.36. The maximum absolute atomic E-state index is 12.5. The van der Waals surface area contributed by atoms with Crippen molar-refractivity contribution in [3.8, 4) is 11.3 Å². The highest BCUT2D eigenvalue weighted by Gasteiger charge is 2.20. The number of hydrogen-bond donors (Lipinski definition) is 1. The molecule has 0 radical (unpaired) electrons. The normalized spacial score (nSPS) is 10.4. The molecule has 0 saturated carbocycles. The van der Waals surface area contributed by atoms with Crippen LogP contribution in [0.1, 0.15) is 20.2 Å². The van der Waals surface area contributed by atoms with E-state index in [4.69, 9.17) is 4.74 Å². The van der Waals surface area contributed by atoms with E-state index in [9.17, 15) is 19.7 Å². The summed E-state index contributed by atoms with van der Waals surface area (Å²) >= 11 is 1.20. The summed E-state index contributed by atoms with van der Waals surface area (Å²) in [5, 5.41) is 14.1. The van der Waals surface area contributed by atoms with E-state index in [-0.39, 0.29) is 5.69 Å². The smallest absolute Gasteiger partial charge is 0.351 e. The highest BCUT2D eigenvalue weighted by Crippen LogP contribution is 2.28. The maximum Gasteiger partial charge on any atom is 0.351 e. The Labute approximate surface area is 170 Å². The quantitative estimate of drug-likeness (QED) is 0.371. The third-order valence-corrected chi connectivity index (χ3v) is 4.95. The molecule has 0 saturated heterocycles. The van der Waals surface area contributed by atoms with Gasteiger partial charge in [-0.2, -0.15) is 0 Å². The fraction of sp³-hybridized carbons (Fsp3) is 0.150. The number of amides is 1. The number of benzene rings is 2. The van der Waals surface area contributed by atoms with Crippen molar-refractivity contribution in [2.75, 3.05) is 11.9 Å². The monoisotopic (exact) mass is 411 g/mol. The molecule has 0 fully saturated rings. The van der Waals surface area contributed by atoms with Crippen LogP contribution in [0.2, 0.25) is 0 Å². The minimum absolute atomic E-state index is 0.0686. The lowest BCUT2D eigenvalue weighted by Gasteiger charge is -2.09. The van der Waals surface area contributed by atoms with Crippen LogP contribution in [0.25, 0.3) is 11.3 Å². The van der Waals surface area contributed by atoms with Gasteiger partial charge in [0.2, 0.25) is 0 Å². The van der Waals surface area contributed by atoms with Crippen molar-refractivity contribution in [2.24, 2.45) is 0 Å². The number of aromatic nitrogens is 1. The van der Waals surface area contributed by atoms with Gasteiger partial charge in [-0.15, -0.1) is 11.3 Å². The van der Waals surface area contributed by atoms with Gasteiger partial charge >= 0.3 is 5.97 Å². The van der Waals surface area contributed by atoms with Crippen LogP contribution in [0.5, 0.6) is 0 Å². The molecule has 0 unspecified atom stereocenters. The van der Waals surface area contributed by atoms with Crippen LogP contribution < -0.4 is 5.32 Å². The fourth-order valence-corrected chi connectivity index (χ4v) is 3.48. The molecule has 3 rings (SSSR count). The van der Waals surface area contributed by atoms with Crippen molar-refractivity contribution < 1.29 is 19.2 Å². The predicted molar refractivity (Wildman–Crippen MR) is 109 cm³/mol. The molecule has 0 bridgehead atoms. The summed E-state index contributed by atoms with van der Waals surface area (Å²) in [6, 6.07) is 13.3. The molecule has 0 aliphatic carbocycles. The predicted octanol–water partition coefficient (Wildman–Crippen LogP) is 4.13. The van der Waals surface area contributed by atoms with Crippen LogP contribution in [0.3, 0.4) is 0 Å². The Balaban J connectivity index is 1.66. The number of hydrogen-bond acceptors (Lipinski definition) is 7. The van der Waals surface area contributed by atoms with Crippen LogP contribution in [-0.4, -0.2) is 28.4 Å². The Morgan fingerprint density at radius 2 is 1.90 bits per heavy atom. The molecule has 3 aromatic rings. The zero-order valence-electron chi connectivity index (χ0n) is 15.7. The minimum atomic E-state index is -0.634. The Morgan fingerprint density at radius 1 is 1.17 bits per heavy atom. The van der Waals surface area contributed by atoms with Gasteiger partial charge in [-0.05, 0) is 25.5 Å². The summed E-state index contributed by atoms with van der Waals surface area (Å²) in [7, 11) is 0. The van der Waals surface area contributed by atoms with Crippen molar-refractivity contribution in [2.45, 2.75) is 13.8 Å². The highest BCUT2D eigenvalue weighted by atomic mass is 32.1. The van der Waals surface area contributed by atoms with Crippen LogP contribution in [0, 0.1) is 24.0 Å². The van der Waals surface area contributed by atoms with Gasteiger partial charge in [-0.1, -0.05) is 30.3 Å².